The lowest BCUT2D eigenvalue weighted by Gasteiger charge is -2.11. The summed E-state index contributed by atoms with van der Waals surface area (Å²) in [5, 5.41) is 8.70. The van der Waals surface area contributed by atoms with E-state index in [1.807, 2.05) is 0 Å². The molecule has 0 aromatic carbocycles. The maximum atomic E-state index is 11.7. The van der Waals surface area contributed by atoms with Crippen molar-refractivity contribution >= 4 is 17.7 Å². The molecule has 0 amide bonds. The molecule has 0 atom stereocenters. The second-order valence-electron chi connectivity index (χ2n) is 4.64. The molecule has 0 aromatic rings. The van der Waals surface area contributed by atoms with Crippen LogP contribution >= 0.6 is 11.8 Å². The van der Waals surface area contributed by atoms with Crippen molar-refractivity contribution in [1.29, 1.82) is 0 Å². The largest absolute Gasteiger partial charge is 0.481 e. The second kappa shape index (κ2) is 6.65. The van der Waals surface area contributed by atoms with Crippen molar-refractivity contribution in [2.24, 2.45) is 5.41 Å². The Balaban J connectivity index is 1.95. The first-order valence-corrected chi connectivity index (χ1v) is 6.93. The molecule has 106 valence electrons. The molecule has 1 aliphatic carbocycles. The van der Waals surface area contributed by atoms with Crippen molar-refractivity contribution in [1.82, 2.24) is 0 Å². The van der Waals surface area contributed by atoms with Crippen molar-refractivity contribution in [3.63, 3.8) is 0 Å². The van der Waals surface area contributed by atoms with Crippen LogP contribution in [0.4, 0.5) is 13.2 Å². The number of hydrogen-bond acceptors (Lipinski definition) is 3. The Labute approximate surface area is 108 Å². The number of aliphatic carboxylic acids is 1. The molecule has 0 aromatic heterocycles. The maximum absolute atomic E-state index is 11.7. The van der Waals surface area contributed by atoms with Crippen molar-refractivity contribution < 1.29 is 27.8 Å². The number of carboxylic acids is 1. The molecule has 1 rings (SSSR count). The maximum Gasteiger partial charge on any atom is 0.411 e. The summed E-state index contributed by atoms with van der Waals surface area (Å²) in [6, 6.07) is 0. The minimum absolute atomic E-state index is 0.0523. The van der Waals surface area contributed by atoms with Gasteiger partial charge in [0.05, 0.1) is 6.42 Å². The molecule has 0 saturated heterocycles. The van der Waals surface area contributed by atoms with Gasteiger partial charge in [0.2, 0.25) is 0 Å². The minimum Gasteiger partial charge on any atom is -0.481 e. The van der Waals surface area contributed by atoms with Gasteiger partial charge in [0.1, 0.15) is 6.61 Å². The van der Waals surface area contributed by atoms with Crippen LogP contribution in [0.3, 0.4) is 0 Å². The van der Waals surface area contributed by atoms with E-state index in [1.54, 1.807) is 11.8 Å². The lowest BCUT2D eigenvalue weighted by molar-refractivity contribution is -0.173. The van der Waals surface area contributed by atoms with E-state index in [-0.39, 0.29) is 18.4 Å². The Kier molecular flexibility index (Phi) is 5.78. The molecule has 0 unspecified atom stereocenters. The number of hydrogen-bond donors (Lipinski definition) is 1. The molecule has 0 spiro atoms. The Morgan fingerprint density at radius 1 is 1.39 bits per heavy atom. The van der Waals surface area contributed by atoms with E-state index in [2.05, 4.69) is 4.74 Å². The van der Waals surface area contributed by atoms with Crippen LogP contribution in [0, 0.1) is 5.41 Å². The summed E-state index contributed by atoms with van der Waals surface area (Å²) in [7, 11) is 0. The number of carbonyl (C=O) groups is 1. The van der Waals surface area contributed by atoms with Crippen LogP contribution in [0.2, 0.25) is 0 Å². The molecule has 7 heteroatoms. The fraction of sp³-hybridized carbons (Fsp3) is 0.909. The predicted molar refractivity (Wildman–Crippen MR) is 62.7 cm³/mol. The molecule has 3 nitrogen and oxygen atoms in total. The van der Waals surface area contributed by atoms with E-state index in [4.69, 9.17) is 5.11 Å². The van der Waals surface area contributed by atoms with Crippen molar-refractivity contribution in [3.8, 4) is 0 Å². The summed E-state index contributed by atoms with van der Waals surface area (Å²) in [4.78, 5) is 10.6. The highest BCUT2D eigenvalue weighted by Crippen LogP contribution is 2.51. The monoisotopic (exact) mass is 286 g/mol. The van der Waals surface area contributed by atoms with Crippen LogP contribution in [0.25, 0.3) is 0 Å². The highest BCUT2D eigenvalue weighted by atomic mass is 32.2. The number of rotatable bonds is 9. The van der Waals surface area contributed by atoms with Gasteiger partial charge in [-0.1, -0.05) is 0 Å². The lowest BCUT2D eigenvalue weighted by Crippen LogP contribution is -2.17. The summed E-state index contributed by atoms with van der Waals surface area (Å²) in [6.07, 6.45) is -1.62. The first-order valence-electron chi connectivity index (χ1n) is 5.77. The molecule has 1 saturated carbocycles. The van der Waals surface area contributed by atoms with Crippen LogP contribution in [-0.2, 0) is 9.53 Å². The van der Waals surface area contributed by atoms with Gasteiger partial charge in [0.15, 0.2) is 0 Å². The molecular weight excluding hydrogens is 269 g/mol. The Hall–Kier alpha value is -0.430. The van der Waals surface area contributed by atoms with Gasteiger partial charge in [-0.15, -0.1) is 0 Å². The smallest absolute Gasteiger partial charge is 0.411 e. The summed E-state index contributed by atoms with van der Waals surface area (Å²) in [6.45, 7) is -1.10. The molecule has 1 N–H and O–H groups in total. The van der Waals surface area contributed by atoms with Crippen LogP contribution in [-0.4, -0.2) is 42.0 Å². The van der Waals surface area contributed by atoms with Crippen molar-refractivity contribution in [3.05, 3.63) is 0 Å². The van der Waals surface area contributed by atoms with Gasteiger partial charge in [0, 0.05) is 6.61 Å². The van der Waals surface area contributed by atoms with E-state index in [1.165, 1.54) is 0 Å². The molecule has 0 bridgehead atoms. The standard InChI is InChI=1S/C11H17F3O3S/c12-11(13,14)7-17-4-1-5-18-8-10(2-3-10)6-9(15)16/h1-8H2,(H,15,16). The average Bonchev–Trinajstić information content (AvgIpc) is 2.94. The summed E-state index contributed by atoms with van der Waals surface area (Å²) in [5.41, 5.74) is -0.0523. The third kappa shape index (κ3) is 7.10. The van der Waals surface area contributed by atoms with Crippen LogP contribution in [0.15, 0.2) is 0 Å². The van der Waals surface area contributed by atoms with Gasteiger partial charge in [-0.2, -0.15) is 24.9 Å². The van der Waals surface area contributed by atoms with Gasteiger partial charge in [-0.05, 0) is 36.2 Å². The molecule has 18 heavy (non-hydrogen) atoms. The van der Waals surface area contributed by atoms with E-state index in [9.17, 15) is 18.0 Å². The first-order chi connectivity index (χ1) is 8.33. The third-order valence-corrected chi connectivity index (χ3v) is 4.13. The molecule has 0 heterocycles. The van der Waals surface area contributed by atoms with Crippen LogP contribution in [0.5, 0.6) is 0 Å². The highest BCUT2D eigenvalue weighted by Gasteiger charge is 2.43. The summed E-state index contributed by atoms with van der Waals surface area (Å²) >= 11 is 1.60. The number of carboxylic acid groups (broad SMARTS) is 1. The lowest BCUT2D eigenvalue weighted by atomic mass is 10.1. The van der Waals surface area contributed by atoms with Crippen LogP contribution < -0.4 is 0 Å². The second-order valence-corrected chi connectivity index (χ2v) is 5.75. The van der Waals surface area contributed by atoms with E-state index in [0.717, 1.165) is 18.6 Å². The Morgan fingerprint density at radius 2 is 2.06 bits per heavy atom. The Bertz CT molecular complexity index is 277. The van der Waals surface area contributed by atoms with E-state index in [0.29, 0.717) is 12.2 Å². The first kappa shape index (κ1) is 15.6. The van der Waals surface area contributed by atoms with E-state index < -0.39 is 18.8 Å². The molecule has 0 radical (unpaired) electrons. The third-order valence-electron chi connectivity index (χ3n) is 2.73. The summed E-state index contributed by atoms with van der Waals surface area (Å²) in [5.74, 6) is 0.708. The quantitative estimate of drug-likeness (QED) is 0.662. The predicted octanol–water partition coefficient (Wildman–Crippen LogP) is 2.94. The van der Waals surface area contributed by atoms with Gasteiger partial charge in [-0.3, -0.25) is 4.79 Å². The molecule has 1 aliphatic rings. The highest BCUT2D eigenvalue weighted by molar-refractivity contribution is 7.99. The molecule has 1 fully saturated rings. The SMILES string of the molecule is O=C(O)CC1(CSCCCOCC(F)(F)F)CC1. The zero-order valence-corrected chi connectivity index (χ0v) is 10.8. The number of thioether (sulfide) groups is 1. The zero-order valence-electron chi connectivity index (χ0n) is 9.96. The average molecular weight is 286 g/mol. The number of ether oxygens (including phenoxy) is 1. The fourth-order valence-electron chi connectivity index (χ4n) is 1.61. The Morgan fingerprint density at radius 3 is 2.56 bits per heavy atom. The summed E-state index contributed by atoms with van der Waals surface area (Å²) < 4.78 is 39.7. The van der Waals surface area contributed by atoms with E-state index >= 15 is 0 Å². The van der Waals surface area contributed by atoms with Crippen molar-refractivity contribution in [2.75, 3.05) is 24.7 Å². The number of alkyl halides is 3. The van der Waals surface area contributed by atoms with Gasteiger partial charge in [-0.25, -0.2) is 0 Å². The van der Waals surface area contributed by atoms with Gasteiger partial charge >= 0.3 is 12.1 Å². The van der Waals surface area contributed by atoms with Crippen molar-refractivity contribution in [2.45, 2.75) is 31.9 Å². The minimum atomic E-state index is -4.26. The fourth-order valence-corrected chi connectivity index (χ4v) is 2.90. The topological polar surface area (TPSA) is 46.5 Å². The van der Waals surface area contributed by atoms with Gasteiger partial charge in [0.25, 0.3) is 0 Å². The number of halogens is 3. The van der Waals surface area contributed by atoms with Crippen LogP contribution in [0.1, 0.15) is 25.7 Å². The normalized spacial score (nSPS) is 17.7. The van der Waals surface area contributed by atoms with Gasteiger partial charge < -0.3 is 9.84 Å². The molecule has 0 aliphatic heterocycles. The zero-order chi connectivity index (χ0) is 13.6. The molecular formula is C11H17F3O3S.